The van der Waals surface area contributed by atoms with Gasteiger partial charge in [-0.15, -0.1) is 24.8 Å². The Morgan fingerprint density at radius 3 is 2.43 bits per heavy atom. The Morgan fingerprint density at radius 1 is 1.19 bits per heavy atom. The lowest BCUT2D eigenvalue weighted by atomic mass is 9.85. The smallest absolute Gasteiger partial charge is 0.225 e. The maximum atomic E-state index is 12.4. The van der Waals surface area contributed by atoms with E-state index in [0.717, 1.165) is 65.0 Å². The summed E-state index contributed by atoms with van der Waals surface area (Å²) in [7, 11) is 1.73. The lowest BCUT2D eigenvalue weighted by Gasteiger charge is -2.37. The Balaban J connectivity index is 0.00000200. The average molecular weight is 342 g/mol. The number of carbonyl (C=O) groups is 1. The number of nitrogens with zero attached hydrogens (tertiary/aromatic N) is 2. The molecule has 2 aliphatic rings. The third kappa shape index (κ3) is 6.28. The van der Waals surface area contributed by atoms with Crippen molar-refractivity contribution in [2.45, 2.75) is 31.7 Å². The van der Waals surface area contributed by atoms with Crippen molar-refractivity contribution >= 4 is 30.7 Å². The summed E-state index contributed by atoms with van der Waals surface area (Å²) in [5, 5.41) is 0. The summed E-state index contributed by atoms with van der Waals surface area (Å²) >= 11 is 0. The molecule has 2 atom stereocenters. The van der Waals surface area contributed by atoms with Crippen molar-refractivity contribution < 1.29 is 9.53 Å². The maximum Gasteiger partial charge on any atom is 0.225 e. The maximum absolute atomic E-state index is 12.4. The predicted octanol–water partition coefficient (Wildman–Crippen LogP) is 1.14. The fourth-order valence-corrected chi connectivity index (χ4v) is 3.12. The van der Waals surface area contributed by atoms with Crippen LogP contribution >= 0.6 is 24.8 Å². The van der Waals surface area contributed by atoms with E-state index in [0.29, 0.717) is 5.91 Å². The Bertz CT molecular complexity index is 300. The third-order valence-corrected chi connectivity index (χ3v) is 4.36. The standard InChI is InChI=1S/C14H27N3O2.2ClH/c1-19-10-9-16-5-7-17(8-6-16)14(18)12-3-2-4-13(15)11-12;;/h12-13H,2-11,15H2,1H3;2*1H. The van der Waals surface area contributed by atoms with Gasteiger partial charge in [-0.3, -0.25) is 9.69 Å². The molecule has 2 unspecified atom stereocenters. The molecule has 0 radical (unpaired) electrons. The molecule has 1 saturated carbocycles. The van der Waals surface area contributed by atoms with E-state index in [1.165, 1.54) is 0 Å². The van der Waals surface area contributed by atoms with Gasteiger partial charge in [0.05, 0.1) is 6.61 Å². The second-order valence-electron chi connectivity index (χ2n) is 5.78. The van der Waals surface area contributed by atoms with Crippen molar-refractivity contribution in [1.82, 2.24) is 9.80 Å². The van der Waals surface area contributed by atoms with Crippen LogP contribution in [-0.4, -0.2) is 68.2 Å². The van der Waals surface area contributed by atoms with E-state index < -0.39 is 0 Å². The van der Waals surface area contributed by atoms with E-state index in [1.54, 1.807) is 7.11 Å². The molecule has 2 N–H and O–H groups in total. The fraction of sp³-hybridized carbons (Fsp3) is 0.929. The molecular weight excluding hydrogens is 313 g/mol. The molecule has 0 spiro atoms. The Labute approximate surface area is 140 Å². The van der Waals surface area contributed by atoms with E-state index in [-0.39, 0.29) is 36.8 Å². The van der Waals surface area contributed by atoms with Crippen LogP contribution in [-0.2, 0) is 9.53 Å². The van der Waals surface area contributed by atoms with Gasteiger partial charge in [0.15, 0.2) is 0 Å². The number of piperazine rings is 1. The highest BCUT2D eigenvalue weighted by molar-refractivity contribution is 5.85. The normalized spacial score (nSPS) is 26.7. The number of rotatable bonds is 4. The van der Waals surface area contributed by atoms with Crippen molar-refractivity contribution in [3.05, 3.63) is 0 Å². The topological polar surface area (TPSA) is 58.8 Å². The van der Waals surface area contributed by atoms with Gasteiger partial charge in [0.25, 0.3) is 0 Å². The molecule has 7 heteroatoms. The summed E-state index contributed by atoms with van der Waals surface area (Å²) in [5.74, 6) is 0.510. The van der Waals surface area contributed by atoms with E-state index in [2.05, 4.69) is 4.90 Å². The molecule has 0 bridgehead atoms. The van der Waals surface area contributed by atoms with Crippen LogP contribution in [0.15, 0.2) is 0 Å². The number of amides is 1. The minimum Gasteiger partial charge on any atom is -0.383 e. The summed E-state index contributed by atoms with van der Waals surface area (Å²) in [5.41, 5.74) is 5.98. The number of carbonyl (C=O) groups excluding carboxylic acids is 1. The van der Waals surface area contributed by atoms with Crippen LogP contribution in [0.5, 0.6) is 0 Å². The number of nitrogens with two attached hydrogens (primary N) is 1. The minimum absolute atomic E-state index is 0. The van der Waals surface area contributed by atoms with E-state index in [1.807, 2.05) is 4.90 Å². The van der Waals surface area contributed by atoms with Gasteiger partial charge >= 0.3 is 0 Å². The first-order valence-corrected chi connectivity index (χ1v) is 7.46. The van der Waals surface area contributed by atoms with Crippen molar-refractivity contribution in [2.24, 2.45) is 11.7 Å². The molecule has 0 aromatic rings. The quantitative estimate of drug-likeness (QED) is 0.832. The molecule has 2 rings (SSSR count). The number of ether oxygens (including phenoxy) is 1. The SMILES string of the molecule is COCCN1CCN(C(=O)C2CCCC(N)C2)CC1.Cl.Cl. The van der Waals surface area contributed by atoms with E-state index >= 15 is 0 Å². The van der Waals surface area contributed by atoms with Crippen LogP contribution in [0.25, 0.3) is 0 Å². The molecular formula is C14H29Cl2N3O2. The molecule has 1 aliphatic carbocycles. The Morgan fingerprint density at radius 2 is 1.86 bits per heavy atom. The van der Waals surface area contributed by atoms with Gasteiger partial charge in [0, 0.05) is 51.8 Å². The summed E-state index contributed by atoms with van der Waals surface area (Å²) in [6.07, 6.45) is 4.08. The zero-order chi connectivity index (χ0) is 13.7. The zero-order valence-corrected chi connectivity index (χ0v) is 14.5. The van der Waals surface area contributed by atoms with Gasteiger partial charge in [-0.05, 0) is 19.3 Å². The fourth-order valence-electron chi connectivity index (χ4n) is 3.12. The van der Waals surface area contributed by atoms with Crippen molar-refractivity contribution in [3.8, 4) is 0 Å². The molecule has 126 valence electrons. The second-order valence-corrected chi connectivity index (χ2v) is 5.78. The van der Waals surface area contributed by atoms with Crippen molar-refractivity contribution in [2.75, 3.05) is 46.4 Å². The largest absolute Gasteiger partial charge is 0.383 e. The number of methoxy groups -OCH3 is 1. The van der Waals surface area contributed by atoms with Gasteiger partial charge in [-0.25, -0.2) is 0 Å². The Hall–Kier alpha value is -0.0700. The molecule has 0 aromatic heterocycles. The predicted molar refractivity (Wildman–Crippen MR) is 89.3 cm³/mol. The molecule has 21 heavy (non-hydrogen) atoms. The molecule has 5 nitrogen and oxygen atoms in total. The summed E-state index contributed by atoms with van der Waals surface area (Å²) < 4.78 is 5.09. The molecule has 1 heterocycles. The van der Waals surface area contributed by atoms with Gasteiger partial charge in [0.2, 0.25) is 5.91 Å². The van der Waals surface area contributed by atoms with E-state index in [4.69, 9.17) is 10.5 Å². The number of hydrogen-bond donors (Lipinski definition) is 1. The monoisotopic (exact) mass is 341 g/mol. The van der Waals surface area contributed by atoms with Crippen LogP contribution in [0.3, 0.4) is 0 Å². The minimum atomic E-state index is 0. The Kier molecular flexibility index (Phi) is 10.6. The average Bonchev–Trinajstić information content (AvgIpc) is 2.45. The second kappa shape index (κ2) is 10.6. The van der Waals surface area contributed by atoms with Gasteiger partial charge in [-0.2, -0.15) is 0 Å². The highest BCUT2D eigenvalue weighted by Crippen LogP contribution is 2.25. The van der Waals surface area contributed by atoms with Gasteiger partial charge in [-0.1, -0.05) is 6.42 Å². The van der Waals surface area contributed by atoms with E-state index in [9.17, 15) is 4.79 Å². The lowest BCUT2D eigenvalue weighted by molar-refractivity contribution is -0.138. The summed E-state index contributed by atoms with van der Waals surface area (Å²) in [4.78, 5) is 16.8. The van der Waals surface area contributed by atoms with Crippen molar-refractivity contribution in [1.29, 1.82) is 0 Å². The van der Waals surface area contributed by atoms with Crippen LogP contribution in [0.1, 0.15) is 25.7 Å². The molecule has 0 aromatic carbocycles. The molecule has 1 amide bonds. The lowest BCUT2D eigenvalue weighted by Crippen LogP contribution is -2.51. The molecule has 2 fully saturated rings. The first-order chi connectivity index (χ1) is 9.20. The zero-order valence-electron chi connectivity index (χ0n) is 12.8. The number of halogens is 2. The highest BCUT2D eigenvalue weighted by Gasteiger charge is 2.30. The molecule has 1 aliphatic heterocycles. The van der Waals surface area contributed by atoms with Crippen LogP contribution in [0.2, 0.25) is 0 Å². The van der Waals surface area contributed by atoms with Crippen molar-refractivity contribution in [3.63, 3.8) is 0 Å². The third-order valence-electron chi connectivity index (χ3n) is 4.36. The van der Waals surface area contributed by atoms with Crippen LogP contribution in [0.4, 0.5) is 0 Å². The highest BCUT2D eigenvalue weighted by atomic mass is 35.5. The van der Waals surface area contributed by atoms with Crippen LogP contribution in [0, 0.1) is 5.92 Å². The summed E-state index contributed by atoms with van der Waals surface area (Å²) in [6, 6.07) is 0.227. The first-order valence-electron chi connectivity index (χ1n) is 7.46. The van der Waals surface area contributed by atoms with Gasteiger partial charge < -0.3 is 15.4 Å². The van der Waals surface area contributed by atoms with Crippen LogP contribution < -0.4 is 5.73 Å². The summed E-state index contributed by atoms with van der Waals surface area (Å²) in [6.45, 7) is 5.38. The molecule has 1 saturated heterocycles. The first kappa shape index (κ1) is 20.9. The number of hydrogen-bond acceptors (Lipinski definition) is 4. The van der Waals surface area contributed by atoms with Gasteiger partial charge in [0.1, 0.15) is 0 Å².